The van der Waals surface area contributed by atoms with Gasteiger partial charge in [0.1, 0.15) is 6.10 Å². The number of ether oxygens (including phenoxy) is 2. The van der Waals surface area contributed by atoms with Gasteiger partial charge in [-0.1, -0.05) is 6.07 Å². The van der Waals surface area contributed by atoms with Crippen molar-refractivity contribution in [2.24, 2.45) is 5.73 Å². The maximum Gasteiger partial charge on any atom is 0.165 e. The molecule has 0 aromatic heterocycles. The van der Waals surface area contributed by atoms with Gasteiger partial charge >= 0.3 is 0 Å². The van der Waals surface area contributed by atoms with Crippen LogP contribution in [-0.4, -0.2) is 18.3 Å². The first-order valence-electron chi connectivity index (χ1n) is 6.39. The molecule has 0 saturated carbocycles. The summed E-state index contributed by atoms with van der Waals surface area (Å²) in [6.07, 6.45) is 1.92. The fourth-order valence-corrected chi connectivity index (χ4v) is 2.39. The average molecular weight is 253 g/mol. The largest absolute Gasteiger partial charge is 0.487 e. The third-order valence-corrected chi connectivity index (χ3v) is 3.18. The first kappa shape index (κ1) is 13.3. The summed E-state index contributed by atoms with van der Waals surface area (Å²) in [6, 6.07) is 4.88. The van der Waals surface area contributed by atoms with Gasteiger partial charge in [-0.3, -0.25) is 0 Å². The molecule has 2 N–H and O–H groups in total. The summed E-state index contributed by atoms with van der Waals surface area (Å²) in [5.74, 6) is -0.0387. The highest BCUT2D eigenvalue weighted by atomic mass is 19.1. The maximum atomic E-state index is 13.8. The molecule has 1 saturated heterocycles. The number of halogens is 1. The van der Waals surface area contributed by atoms with Crippen molar-refractivity contribution >= 4 is 0 Å². The third kappa shape index (κ3) is 3.21. The van der Waals surface area contributed by atoms with Crippen molar-refractivity contribution in [2.45, 2.75) is 51.5 Å². The fourth-order valence-electron chi connectivity index (χ4n) is 2.39. The van der Waals surface area contributed by atoms with Gasteiger partial charge in [0.25, 0.3) is 0 Å². The first-order valence-corrected chi connectivity index (χ1v) is 6.39. The van der Waals surface area contributed by atoms with Crippen molar-refractivity contribution < 1.29 is 13.9 Å². The van der Waals surface area contributed by atoms with E-state index in [9.17, 15) is 4.39 Å². The Labute approximate surface area is 107 Å². The Morgan fingerprint density at radius 3 is 2.56 bits per heavy atom. The predicted octanol–water partition coefficient (Wildman–Crippen LogP) is 2.62. The molecule has 3 nitrogen and oxygen atoms in total. The van der Waals surface area contributed by atoms with Crippen molar-refractivity contribution in [3.8, 4) is 5.75 Å². The van der Waals surface area contributed by atoms with E-state index in [-0.39, 0.29) is 24.1 Å². The van der Waals surface area contributed by atoms with Crippen LogP contribution in [0.5, 0.6) is 5.75 Å². The molecule has 2 rings (SSSR count). The second-order valence-electron chi connectivity index (χ2n) is 4.94. The van der Waals surface area contributed by atoms with E-state index in [1.54, 1.807) is 12.1 Å². The summed E-state index contributed by atoms with van der Waals surface area (Å²) in [7, 11) is 0. The molecule has 4 heteroatoms. The van der Waals surface area contributed by atoms with E-state index in [4.69, 9.17) is 15.2 Å². The van der Waals surface area contributed by atoms with Gasteiger partial charge in [-0.05, 0) is 31.5 Å². The molecule has 2 atom stereocenters. The van der Waals surface area contributed by atoms with Crippen LogP contribution in [0.2, 0.25) is 0 Å². The van der Waals surface area contributed by atoms with Crippen LogP contribution in [0.25, 0.3) is 0 Å². The fraction of sp³-hybridized carbons (Fsp3) is 0.571. The lowest BCUT2D eigenvalue weighted by molar-refractivity contribution is -0.0727. The molecule has 2 unspecified atom stereocenters. The Balaban J connectivity index is 2.04. The molecule has 0 bridgehead atoms. The average Bonchev–Trinajstić information content (AvgIpc) is 2.30. The molecule has 18 heavy (non-hydrogen) atoms. The highest BCUT2D eigenvalue weighted by Gasteiger charge is 2.26. The zero-order valence-electron chi connectivity index (χ0n) is 10.9. The monoisotopic (exact) mass is 253 g/mol. The van der Waals surface area contributed by atoms with Crippen molar-refractivity contribution in [3.05, 3.63) is 29.6 Å². The molecule has 1 heterocycles. The van der Waals surface area contributed by atoms with Crippen molar-refractivity contribution in [1.82, 2.24) is 0 Å². The van der Waals surface area contributed by atoms with Gasteiger partial charge < -0.3 is 15.2 Å². The summed E-state index contributed by atoms with van der Waals surface area (Å²) in [6.45, 7) is 4.36. The van der Waals surface area contributed by atoms with Crippen LogP contribution in [-0.2, 0) is 11.3 Å². The van der Waals surface area contributed by atoms with Gasteiger partial charge in [-0.2, -0.15) is 0 Å². The van der Waals surface area contributed by atoms with Crippen LogP contribution < -0.4 is 10.5 Å². The minimum absolute atomic E-state index is 0.0157. The second kappa shape index (κ2) is 5.67. The maximum absolute atomic E-state index is 13.8. The molecular formula is C14H20FNO2. The third-order valence-electron chi connectivity index (χ3n) is 3.18. The Kier molecular flexibility index (Phi) is 4.19. The molecule has 1 aromatic rings. The van der Waals surface area contributed by atoms with Gasteiger partial charge in [0, 0.05) is 19.4 Å². The van der Waals surface area contributed by atoms with Crippen LogP contribution in [0.15, 0.2) is 18.2 Å². The van der Waals surface area contributed by atoms with Crippen molar-refractivity contribution in [2.75, 3.05) is 0 Å². The van der Waals surface area contributed by atoms with E-state index in [1.165, 1.54) is 6.07 Å². The molecule has 1 aromatic carbocycles. The zero-order valence-corrected chi connectivity index (χ0v) is 10.9. The quantitative estimate of drug-likeness (QED) is 0.900. The minimum Gasteiger partial charge on any atom is -0.487 e. The van der Waals surface area contributed by atoms with E-state index in [2.05, 4.69) is 0 Å². The van der Waals surface area contributed by atoms with E-state index in [1.807, 2.05) is 13.8 Å². The van der Waals surface area contributed by atoms with Crippen LogP contribution in [0.3, 0.4) is 0 Å². The molecule has 1 fully saturated rings. The lowest BCUT2D eigenvalue weighted by Crippen LogP contribution is -2.35. The lowest BCUT2D eigenvalue weighted by Gasteiger charge is -2.32. The second-order valence-corrected chi connectivity index (χ2v) is 4.94. The predicted molar refractivity (Wildman–Crippen MR) is 68.0 cm³/mol. The number of benzene rings is 1. The Morgan fingerprint density at radius 1 is 1.33 bits per heavy atom. The summed E-state index contributed by atoms with van der Waals surface area (Å²) in [5, 5.41) is 0. The van der Waals surface area contributed by atoms with Crippen LogP contribution in [0.1, 0.15) is 32.3 Å². The Bertz CT molecular complexity index is 401. The smallest absolute Gasteiger partial charge is 0.165 e. The highest BCUT2D eigenvalue weighted by Crippen LogP contribution is 2.26. The van der Waals surface area contributed by atoms with Crippen molar-refractivity contribution in [1.29, 1.82) is 0 Å². The highest BCUT2D eigenvalue weighted by molar-refractivity contribution is 5.29. The van der Waals surface area contributed by atoms with Gasteiger partial charge in [-0.15, -0.1) is 0 Å². The van der Waals surface area contributed by atoms with Gasteiger partial charge in [-0.25, -0.2) is 4.39 Å². The standard InChI is InChI=1S/C14H20FNO2/c1-9-5-12(6-10(2)17-9)18-14-4-3-11(8-16)7-13(14)15/h3-4,7,9-10,12H,5-6,8,16H2,1-2H3. The summed E-state index contributed by atoms with van der Waals surface area (Å²) in [4.78, 5) is 0. The van der Waals surface area contributed by atoms with Gasteiger partial charge in [0.15, 0.2) is 11.6 Å². The Hall–Kier alpha value is -1.13. The lowest BCUT2D eigenvalue weighted by atomic mass is 10.0. The van der Waals surface area contributed by atoms with Crippen LogP contribution >= 0.6 is 0 Å². The molecule has 0 amide bonds. The summed E-state index contributed by atoms with van der Waals surface area (Å²) < 4.78 is 25.1. The number of hydrogen-bond donors (Lipinski definition) is 1. The number of nitrogens with two attached hydrogens (primary N) is 1. The molecule has 100 valence electrons. The van der Waals surface area contributed by atoms with E-state index in [0.29, 0.717) is 12.3 Å². The van der Waals surface area contributed by atoms with E-state index < -0.39 is 0 Å². The van der Waals surface area contributed by atoms with Crippen LogP contribution in [0, 0.1) is 5.82 Å². The Morgan fingerprint density at radius 2 is 2.00 bits per heavy atom. The summed E-state index contributed by atoms with van der Waals surface area (Å²) >= 11 is 0. The topological polar surface area (TPSA) is 44.5 Å². The first-order chi connectivity index (χ1) is 8.58. The number of rotatable bonds is 3. The van der Waals surface area contributed by atoms with Gasteiger partial charge in [0.2, 0.25) is 0 Å². The van der Waals surface area contributed by atoms with E-state index >= 15 is 0 Å². The zero-order chi connectivity index (χ0) is 13.1. The molecule has 0 radical (unpaired) electrons. The van der Waals surface area contributed by atoms with Crippen molar-refractivity contribution in [3.63, 3.8) is 0 Å². The van der Waals surface area contributed by atoms with Gasteiger partial charge in [0.05, 0.1) is 12.2 Å². The minimum atomic E-state index is -0.343. The van der Waals surface area contributed by atoms with E-state index in [0.717, 1.165) is 18.4 Å². The summed E-state index contributed by atoms with van der Waals surface area (Å²) in [5.41, 5.74) is 6.24. The SMILES string of the molecule is CC1CC(Oc2ccc(CN)cc2F)CC(C)O1. The molecule has 1 aliphatic heterocycles. The molecule has 1 aliphatic rings. The normalized spacial score (nSPS) is 28.1. The number of hydrogen-bond acceptors (Lipinski definition) is 3. The molecule has 0 spiro atoms. The van der Waals surface area contributed by atoms with Crippen LogP contribution in [0.4, 0.5) is 4.39 Å². The molecular weight excluding hydrogens is 233 g/mol. The molecule has 0 aliphatic carbocycles.